The summed E-state index contributed by atoms with van der Waals surface area (Å²) in [6, 6.07) is 0.754. The Morgan fingerprint density at radius 3 is 2.83 bits per heavy atom. The summed E-state index contributed by atoms with van der Waals surface area (Å²) in [5.74, 6) is 0.592. The molecule has 5 heteroatoms. The van der Waals surface area contributed by atoms with Gasteiger partial charge in [0, 0.05) is 32.7 Å². The largest absolute Gasteiger partial charge is 0.392 e. The Morgan fingerprint density at radius 2 is 2.22 bits per heavy atom. The van der Waals surface area contributed by atoms with Gasteiger partial charge >= 0.3 is 6.03 Å². The minimum Gasteiger partial charge on any atom is -0.392 e. The van der Waals surface area contributed by atoms with Gasteiger partial charge in [-0.05, 0) is 38.6 Å². The van der Waals surface area contributed by atoms with Gasteiger partial charge in [-0.2, -0.15) is 0 Å². The zero-order chi connectivity index (χ0) is 13.1. The highest BCUT2D eigenvalue weighted by Crippen LogP contribution is 2.31. The first-order chi connectivity index (χ1) is 8.56. The van der Waals surface area contributed by atoms with E-state index >= 15 is 0 Å². The molecule has 0 spiro atoms. The first-order valence-electron chi connectivity index (χ1n) is 6.97. The molecule has 2 amide bonds. The summed E-state index contributed by atoms with van der Waals surface area (Å²) in [4.78, 5) is 15.8. The van der Waals surface area contributed by atoms with Gasteiger partial charge in [0.2, 0.25) is 0 Å². The Labute approximate surface area is 109 Å². The van der Waals surface area contributed by atoms with Crippen LogP contribution in [0.3, 0.4) is 0 Å². The smallest absolute Gasteiger partial charge is 0.317 e. The van der Waals surface area contributed by atoms with Crippen LogP contribution >= 0.6 is 0 Å². The third kappa shape index (κ3) is 3.85. The van der Waals surface area contributed by atoms with Gasteiger partial charge in [0.05, 0.1) is 6.10 Å². The van der Waals surface area contributed by atoms with Gasteiger partial charge in [0.1, 0.15) is 0 Å². The number of nitrogens with one attached hydrogen (secondary N) is 1. The number of carbonyl (C=O) groups excluding carboxylic acids is 1. The van der Waals surface area contributed by atoms with Crippen LogP contribution in [0.15, 0.2) is 0 Å². The number of aliphatic hydroxyl groups is 1. The molecule has 1 saturated heterocycles. The van der Waals surface area contributed by atoms with Crippen molar-refractivity contribution in [1.29, 1.82) is 0 Å². The first-order valence-corrected chi connectivity index (χ1v) is 6.97. The minimum absolute atomic E-state index is 0.0826. The fourth-order valence-corrected chi connectivity index (χ4v) is 2.65. The number of hydrogen-bond donors (Lipinski definition) is 2. The molecule has 0 aromatic rings. The summed E-state index contributed by atoms with van der Waals surface area (Å²) < 4.78 is 0. The molecule has 1 aliphatic carbocycles. The summed E-state index contributed by atoms with van der Waals surface area (Å²) in [6.07, 6.45) is 3.43. The molecule has 1 saturated carbocycles. The monoisotopic (exact) mass is 255 g/mol. The summed E-state index contributed by atoms with van der Waals surface area (Å²) in [7, 11) is 1.72. The molecule has 18 heavy (non-hydrogen) atoms. The quantitative estimate of drug-likeness (QED) is 0.752. The average molecular weight is 255 g/mol. The lowest BCUT2D eigenvalue weighted by Crippen LogP contribution is -2.42. The van der Waals surface area contributed by atoms with Crippen molar-refractivity contribution in [3.8, 4) is 0 Å². The molecule has 2 unspecified atom stereocenters. The zero-order valence-corrected chi connectivity index (χ0v) is 11.4. The molecule has 2 rings (SSSR count). The number of amides is 2. The topological polar surface area (TPSA) is 55.8 Å². The third-order valence-electron chi connectivity index (χ3n) is 3.81. The number of hydrogen-bond acceptors (Lipinski definition) is 3. The second-order valence-corrected chi connectivity index (χ2v) is 5.80. The van der Waals surface area contributed by atoms with Crippen LogP contribution in [0.25, 0.3) is 0 Å². The van der Waals surface area contributed by atoms with E-state index in [1.165, 1.54) is 30.7 Å². The molecule has 2 N–H and O–H groups in total. The molecule has 104 valence electrons. The highest BCUT2D eigenvalue weighted by Gasteiger charge is 2.34. The van der Waals surface area contributed by atoms with E-state index in [1.807, 2.05) is 0 Å². The molecule has 0 bridgehead atoms. The van der Waals surface area contributed by atoms with Crippen molar-refractivity contribution in [1.82, 2.24) is 15.1 Å². The van der Waals surface area contributed by atoms with Gasteiger partial charge in [-0.3, -0.25) is 0 Å². The van der Waals surface area contributed by atoms with Crippen LogP contribution in [-0.2, 0) is 0 Å². The summed E-state index contributed by atoms with van der Waals surface area (Å²) in [5, 5.41) is 12.2. The van der Waals surface area contributed by atoms with Crippen molar-refractivity contribution in [3.05, 3.63) is 0 Å². The van der Waals surface area contributed by atoms with E-state index in [-0.39, 0.29) is 6.03 Å². The number of carbonyl (C=O) groups is 1. The molecule has 2 atom stereocenters. The Morgan fingerprint density at radius 1 is 1.50 bits per heavy atom. The minimum atomic E-state index is -0.474. The highest BCUT2D eigenvalue weighted by atomic mass is 16.3. The number of rotatable bonds is 5. The van der Waals surface area contributed by atoms with Crippen LogP contribution < -0.4 is 5.32 Å². The van der Waals surface area contributed by atoms with Crippen LogP contribution in [0.5, 0.6) is 0 Å². The highest BCUT2D eigenvalue weighted by molar-refractivity contribution is 5.73. The fourth-order valence-electron chi connectivity index (χ4n) is 2.65. The van der Waals surface area contributed by atoms with Crippen LogP contribution in [0.2, 0.25) is 0 Å². The van der Waals surface area contributed by atoms with Gasteiger partial charge in [0.15, 0.2) is 0 Å². The van der Waals surface area contributed by atoms with Crippen LogP contribution in [0.1, 0.15) is 26.2 Å². The molecular formula is C13H25N3O2. The van der Waals surface area contributed by atoms with Crippen LogP contribution in [-0.4, -0.2) is 66.3 Å². The van der Waals surface area contributed by atoms with Crippen LogP contribution in [0, 0.1) is 5.92 Å². The molecule has 0 aromatic carbocycles. The van der Waals surface area contributed by atoms with Gasteiger partial charge in [-0.15, -0.1) is 0 Å². The summed E-state index contributed by atoms with van der Waals surface area (Å²) in [6.45, 7) is 5.14. The van der Waals surface area contributed by atoms with E-state index in [2.05, 4.69) is 10.2 Å². The maximum absolute atomic E-state index is 11.8. The van der Waals surface area contributed by atoms with Crippen molar-refractivity contribution in [2.45, 2.75) is 38.3 Å². The molecule has 2 fully saturated rings. The maximum atomic E-state index is 11.8. The first kappa shape index (κ1) is 13.6. The Bertz CT molecular complexity index is 292. The fraction of sp³-hybridized carbons (Fsp3) is 0.923. The molecule has 2 aliphatic rings. The van der Waals surface area contributed by atoms with Crippen molar-refractivity contribution >= 4 is 6.03 Å². The molecule has 0 aromatic heterocycles. The van der Waals surface area contributed by atoms with E-state index in [0.717, 1.165) is 19.1 Å². The molecular weight excluding hydrogens is 230 g/mol. The maximum Gasteiger partial charge on any atom is 0.317 e. The van der Waals surface area contributed by atoms with E-state index in [0.29, 0.717) is 12.5 Å². The van der Waals surface area contributed by atoms with E-state index in [1.54, 1.807) is 14.0 Å². The normalized spacial score (nSPS) is 26.1. The zero-order valence-electron chi connectivity index (χ0n) is 11.4. The average Bonchev–Trinajstić information content (AvgIpc) is 3.05. The van der Waals surface area contributed by atoms with Gasteiger partial charge in [-0.1, -0.05) is 0 Å². The number of likely N-dealkylation sites (tertiary alicyclic amines) is 1. The molecule has 0 radical (unpaired) electrons. The predicted octanol–water partition coefficient (Wildman–Crippen LogP) is 0.493. The predicted molar refractivity (Wildman–Crippen MR) is 70.4 cm³/mol. The molecule has 1 heterocycles. The molecule has 1 aliphatic heterocycles. The SMILES string of the molecule is CC(O)CN(C)C(=O)NCC1CCN(C2CC2)C1. The second-order valence-electron chi connectivity index (χ2n) is 5.80. The van der Waals surface area contributed by atoms with Crippen molar-refractivity contribution < 1.29 is 9.90 Å². The Balaban J connectivity index is 1.63. The van der Waals surface area contributed by atoms with Gasteiger partial charge in [0.25, 0.3) is 0 Å². The number of urea groups is 1. The lowest BCUT2D eigenvalue weighted by molar-refractivity contribution is 0.143. The Hall–Kier alpha value is -0.810. The van der Waals surface area contributed by atoms with Gasteiger partial charge in [-0.25, -0.2) is 4.79 Å². The lowest BCUT2D eigenvalue weighted by atomic mass is 10.1. The second kappa shape index (κ2) is 5.89. The number of nitrogens with zero attached hydrogens (tertiary/aromatic N) is 2. The van der Waals surface area contributed by atoms with Gasteiger partial charge < -0.3 is 20.2 Å². The molecule has 5 nitrogen and oxygen atoms in total. The van der Waals surface area contributed by atoms with E-state index in [9.17, 15) is 9.90 Å². The third-order valence-corrected chi connectivity index (χ3v) is 3.81. The Kier molecular flexibility index (Phi) is 4.45. The van der Waals surface area contributed by atoms with Crippen molar-refractivity contribution in [2.75, 3.05) is 33.2 Å². The van der Waals surface area contributed by atoms with Crippen molar-refractivity contribution in [3.63, 3.8) is 0 Å². The van der Waals surface area contributed by atoms with Crippen LogP contribution in [0.4, 0.5) is 4.79 Å². The summed E-state index contributed by atoms with van der Waals surface area (Å²) in [5.41, 5.74) is 0. The number of aliphatic hydroxyl groups excluding tert-OH is 1. The lowest BCUT2D eigenvalue weighted by Gasteiger charge is -2.21. The summed E-state index contributed by atoms with van der Waals surface area (Å²) >= 11 is 0. The van der Waals surface area contributed by atoms with Crippen molar-refractivity contribution in [2.24, 2.45) is 5.92 Å². The number of likely N-dealkylation sites (N-methyl/N-ethyl adjacent to an activating group) is 1. The van der Waals surface area contributed by atoms with E-state index < -0.39 is 6.10 Å². The standard InChI is InChI=1S/C13H25N3O2/c1-10(17)8-15(2)13(18)14-7-11-5-6-16(9-11)12-3-4-12/h10-12,17H,3-9H2,1-2H3,(H,14,18). The van der Waals surface area contributed by atoms with E-state index in [4.69, 9.17) is 0 Å².